The van der Waals surface area contributed by atoms with Gasteiger partial charge in [0, 0.05) is 29.4 Å². The quantitative estimate of drug-likeness (QED) is 0.685. The maximum atomic E-state index is 10.9. The summed E-state index contributed by atoms with van der Waals surface area (Å²) in [6.07, 6.45) is 4.02. The number of unbranched alkanes of at least 4 members (excludes halogenated alkanes) is 2. The lowest BCUT2D eigenvalue weighted by atomic mass is 10.2. The van der Waals surface area contributed by atoms with E-state index in [1.54, 1.807) is 22.7 Å². The molecule has 0 saturated heterocycles. The van der Waals surface area contributed by atoms with Crippen molar-refractivity contribution in [2.75, 3.05) is 24.7 Å². The molecular weight excluding hydrogens is 326 g/mol. The van der Waals surface area contributed by atoms with Crippen LogP contribution in [0, 0.1) is 0 Å². The Hall–Kier alpha value is -0.960. The molecule has 0 aliphatic heterocycles. The number of sulfonamides is 1. The van der Waals surface area contributed by atoms with Crippen LogP contribution in [0.2, 0.25) is 0 Å². The van der Waals surface area contributed by atoms with Crippen LogP contribution in [0.5, 0.6) is 0 Å². The van der Waals surface area contributed by atoms with Crippen molar-refractivity contribution >= 4 is 37.8 Å². The molecule has 116 valence electrons. The van der Waals surface area contributed by atoms with Gasteiger partial charge in [0.25, 0.3) is 0 Å². The zero-order valence-electron chi connectivity index (χ0n) is 11.8. The number of anilines is 1. The number of nitrogens with zero attached hydrogens (tertiary/aromatic N) is 1. The van der Waals surface area contributed by atoms with Crippen LogP contribution in [0.15, 0.2) is 22.2 Å². The van der Waals surface area contributed by atoms with Crippen molar-refractivity contribution in [1.82, 2.24) is 9.71 Å². The molecule has 0 aliphatic carbocycles. The predicted octanol–water partition coefficient (Wildman–Crippen LogP) is 3.00. The Kier molecular flexibility index (Phi) is 6.16. The number of hydrogen-bond acceptors (Lipinski definition) is 6. The van der Waals surface area contributed by atoms with Crippen molar-refractivity contribution in [3.63, 3.8) is 0 Å². The van der Waals surface area contributed by atoms with Crippen molar-refractivity contribution in [3.8, 4) is 11.3 Å². The van der Waals surface area contributed by atoms with E-state index in [9.17, 15) is 8.42 Å². The molecule has 0 bridgehead atoms. The molecule has 0 aromatic carbocycles. The van der Waals surface area contributed by atoms with Crippen LogP contribution in [0.4, 0.5) is 5.13 Å². The predicted molar refractivity (Wildman–Crippen MR) is 90.6 cm³/mol. The van der Waals surface area contributed by atoms with Gasteiger partial charge in [-0.3, -0.25) is 0 Å². The molecule has 0 fully saturated rings. The molecule has 0 radical (unpaired) electrons. The Morgan fingerprint density at radius 1 is 1.19 bits per heavy atom. The second-order valence-electron chi connectivity index (χ2n) is 4.70. The lowest BCUT2D eigenvalue weighted by Gasteiger charge is -2.03. The third-order valence-corrected chi connectivity index (χ3v) is 5.03. The first kappa shape index (κ1) is 16.4. The number of aromatic nitrogens is 1. The second kappa shape index (κ2) is 7.88. The molecule has 21 heavy (non-hydrogen) atoms. The molecular formula is C13H19N3O2S3. The van der Waals surface area contributed by atoms with Crippen LogP contribution >= 0.6 is 22.7 Å². The zero-order valence-corrected chi connectivity index (χ0v) is 14.3. The average molecular weight is 346 g/mol. The Labute approximate surface area is 133 Å². The summed E-state index contributed by atoms with van der Waals surface area (Å²) in [6.45, 7) is 1.37. The summed E-state index contributed by atoms with van der Waals surface area (Å²) in [7, 11) is -3.05. The zero-order chi connectivity index (χ0) is 15.1. The first-order valence-electron chi connectivity index (χ1n) is 6.71. The fourth-order valence-corrected chi connectivity index (χ4v) is 3.69. The monoisotopic (exact) mass is 345 g/mol. The minimum absolute atomic E-state index is 0.512. The molecule has 2 N–H and O–H groups in total. The Morgan fingerprint density at radius 2 is 2.00 bits per heavy atom. The van der Waals surface area contributed by atoms with Crippen LogP contribution in [0.3, 0.4) is 0 Å². The molecule has 2 heterocycles. The first-order valence-corrected chi connectivity index (χ1v) is 10.4. The molecule has 0 aliphatic rings. The van der Waals surface area contributed by atoms with Gasteiger partial charge in [-0.2, -0.15) is 11.3 Å². The minimum Gasteiger partial charge on any atom is -0.362 e. The van der Waals surface area contributed by atoms with Crippen LogP contribution in [0.25, 0.3) is 11.3 Å². The van der Waals surface area contributed by atoms with E-state index in [0.717, 1.165) is 42.2 Å². The van der Waals surface area contributed by atoms with Gasteiger partial charge >= 0.3 is 0 Å². The van der Waals surface area contributed by atoms with E-state index in [1.165, 1.54) is 6.26 Å². The van der Waals surface area contributed by atoms with Gasteiger partial charge < -0.3 is 5.32 Å². The van der Waals surface area contributed by atoms with Gasteiger partial charge in [-0.25, -0.2) is 18.1 Å². The van der Waals surface area contributed by atoms with Gasteiger partial charge in [-0.05, 0) is 24.3 Å². The number of nitrogens with one attached hydrogen (secondary N) is 2. The average Bonchev–Trinajstić information content (AvgIpc) is 3.07. The van der Waals surface area contributed by atoms with Gasteiger partial charge in [0.15, 0.2) is 5.13 Å². The highest BCUT2D eigenvalue weighted by atomic mass is 32.2. The highest BCUT2D eigenvalue weighted by Crippen LogP contribution is 2.26. The molecule has 0 saturated carbocycles. The van der Waals surface area contributed by atoms with Crippen LogP contribution < -0.4 is 10.0 Å². The van der Waals surface area contributed by atoms with Gasteiger partial charge in [0.05, 0.1) is 11.9 Å². The smallest absolute Gasteiger partial charge is 0.208 e. The summed E-state index contributed by atoms with van der Waals surface area (Å²) in [4.78, 5) is 4.54. The van der Waals surface area contributed by atoms with E-state index in [0.29, 0.717) is 6.54 Å². The lowest BCUT2D eigenvalue weighted by Crippen LogP contribution is -2.22. The van der Waals surface area contributed by atoms with Crippen molar-refractivity contribution in [3.05, 3.63) is 22.2 Å². The third-order valence-electron chi connectivity index (χ3n) is 2.82. The van der Waals surface area contributed by atoms with Gasteiger partial charge in [-0.1, -0.05) is 6.42 Å². The van der Waals surface area contributed by atoms with Crippen molar-refractivity contribution in [2.24, 2.45) is 0 Å². The van der Waals surface area contributed by atoms with Crippen LogP contribution in [-0.2, 0) is 10.0 Å². The molecule has 2 rings (SSSR count). The maximum Gasteiger partial charge on any atom is 0.208 e. The minimum atomic E-state index is -3.05. The lowest BCUT2D eigenvalue weighted by molar-refractivity contribution is 0.581. The number of thiazole rings is 1. The number of hydrogen-bond donors (Lipinski definition) is 2. The van der Waals surface area contributed by atoms with Crippen LogP contribution in [0.1, 0.15) is 19.3 Å². The summed E-state index contributed by atoms with van der Waals surface area (Å²) in [5, 5.41) is 10.4. The summed E-state index contributed by atoms with van der Waals surface area (Å²) in [5.41, 5.74) is 2.18. The normalized spacial score (nSPS) is 11.7. The SMILES string of the molecule is CS(=O)(=O)NCCCCCNc1nc(-c2ccsc2)cs1. The highest BCUT2D eigenvalue weighted by Gasteiger charge is 2.04. The van der Waals surface area contributed by atoms with Gasteiger partial charge in [0.1, 0.15) is 0 Å². The Bertz CT molecular complexity index is 635. The molecule has 0 amide bonds. The third kappa shape index (κ3) is 6.13. The number of rotatable bonds is 9. The molecule has 0 unspecified atom stereocenters. The largest absolute Gasteiger partial charge is 0.362 e. The van der Waals surface area contributed by atoms with Crippen molar-refractivity contribution < 1.29 is 8.42 Å². The second-order valence-corrected chi connectivity index (χ2v) is 8.18. The molecule has 0 atom stereocenters. The Balaban J connectivity index is 1.61. The van der Waals surface area contributed by atoms with E-state index in [-0.39, 0.29) is 0 Å². The summed E-state index contributed by atoms with van der Waals surface area (Å²) >= 11 is 3.28. The summed E-state index contributed by atoms with van der Waals surface area (Å²) in [6, 6.07) is 2.07. The fourth-order valence-electron chi connectivity index (χ4n) is 1.78. The van der Waals surface area contributed by atoms with Gasteiger partial charge in [0.2, 0.25) is 10.0 Å². The molecule has 5 nitrogen and oxygen atoms in total. The topological polar surface area (TPSA) is 71.1 Å². The maximum absolute atomic E-state index is 10.9. The first-order chi connectivity index (χ1) is 10.0. The van der Waals surface area contributed by atoms with E-state index >= 15 is 0 Å². The van der Waals surface area contributed by atoms with E-state index in [4.69, 9.17) is 0 Å². The molecule has 2 aromatic rings. The van der Waals surface area contributed by atoms with Gasteiger partial charge in [-0.15, -0.1) is 11.3 Å². The summed E-state index contributed by atoms with van der Waals surface area (Å²) < 4.78 is 24.2. The molecule has 0 spiro atoms. The number of thiophene rings is 1. The Morgan fingerprint density at radius 3 is 2.71 bits per heavy atom. The fraction of sp³-hybridized carbons (Fsp3) is 0.462. The van der Waals surface area contributed by atoms with E-state index in [1.807, 2.05) is 5.38 Å². The van der Waals surface area contributed by atoms with E-state index in [2.05, 4.69) is 31.8 Å². The van der Waals surface area contributed by atoms with Crippen molar-refractivity contribution in [1.29, 1.82) is 0 Å². The van der Waals surface area contributed by atoms with Crippen molar-refractivity contribution in [2.45, 2.75) is 19.3 Å². The highest BCUT2D eigenvalue weighted by molar-refractivity contribution is 7.88. The van der Waals surface area contributed by atoms with Crippen LogP contribution in [-0.4, -0.2) is 32.7 Å². The standard InChI is InChI=1S/C13H19N3O2S3/c1-21(17,18)15-7-4-2-3-6-14-13-16-12(10-20-13)11-5-8-19-9-11/h5,8-10,15H,2-4,6-7H2,1H3,(H,14,16). The molecule has 2 aromatic heterocycles. The summed E-state index contributed by atoms with van der Waals surface area (Å²) in [5.74, 6) is 0. The van der Waals surface area contributed by atoms with E-state index < -0.39 is 10.0 Å². The molecule has 8 heteroatoms.